The number of imidazole rings is 1. The maximum Gasteiger partial charge on any atom is 0.165 e. The molecule has 2 aromatic heterocycles. The molecule has 0 aliphatic rings. The van der Waals surface area contributed by atoms with Gasteiger partial charge in [0.05, 0.1) is 6.33 Å². The molecule has 2 N–H and O–H groups in total. The van der Waals surface area contributed by atoms with Gasteiger partial charge in [-0.05, 0) is 70.7 Å². The number of phenols is 1. The normalized spacial score (nSPS) is 12.7. The molecule has 0 radical (unpaired) electrons. The summed E-state index contributed by atoms with van der Waals surface area (Å²) >= 11 is 0. The van der Waals surface area contributed by atoms with Crippen molar-refractivity contribution in [2.75, 3.05) is 38.0 Å². The minimum Gasteiger partial charge on any atom is -0.508 e. The number of hydrogen-bond acceptors (Lipinski definition) is 7. The van der Waals surface area contributed by atoms with Crippen LogP contribution >= 0.6 is 0 Å². The number of nitrogens with zero attached hydrogens (tertiary/aromatic N) is 6. The fourth-order valence-electron chi connectivity index (χ4n) is 4.17. The van der Waals surface area contributed by atoms with Crippen LogP contribution in [0.2, 0.25) is 0 Å². The summed E-state index contributed by atoms with van der Waals surface area (Å²) in [5, 5.41) is 13.7. The predicted octanol–water partition coefficient (Wildman–Crippen LogP) is 4.80. The highest BCUT2D eigenvalue weighted by Crippen LogP contribution is 2.28. The van der Waals surface area contributed by atoms with Crippen molar-refractivity contribution in [2.24, 2.45) is 0 Å². The van der Waals surface area contributed by atoms with Crippen LogP contribution in [0.5, 0.6) is 5.75 Å². The molecular formula is C25H39N7O. The Labute approximate surface area is 197 Å². The van der Waals surface area contributed by atoms with Gasteiger partial charge >= 0.3 is 0 Å². The van der Waals surface area contributed by atoms with Gasteiger partial charge in [0.2, 0.25) is 0 Å². The SMILES string of the molecule is CCN(CC)CCCC(C)n1cnc2c(Nc3ccc(O)c(CN(CC)CC)c3)ncnc21. The number of anilines is 2. The van der Waals surface area contributed by atoms with E-state index < -0.39 is 0 Å². The Balaban J connectivity index is 1.76. The van der Waals surface area contributed by atoms with Crippen molar-refractivity contribution in [3.8, 4) is 5.75 Å². The summed E-state index contributed by atoms with van der Waals surface area (Å²) in [7, 11) is 0. The van der Waals surface area contributed by atoms with Crippen molar-refractivity contribution in [3.63, 3.8) is 0 Å². The third kappa shape index (κ3) is 6.21. The van der Waals surface area contributed by atoms with Crippen molar-refractivity contribution in [1.29, 1.82) is 0 Å². The Morgan fingerprint density at radius 2 is 1.73 bits per heavy atom. The number of benzene rings is 1. The van der Waals surface area contributed by atoms with Gasteiger partial charge in [0.25, 0.3) is 0 Å². The summed E-state index contributed by atoms with van der Waals surface area (Å²) in [5.74, 6) is 0.983. The zero-order chi connectivity index (χ0) is 23.8. The van der Waals surface area contributed by atoms with Gasteiger partial charge in [-0.1, -0.05) is 27.7 Å². The van der Waals surface area contributed by atoms with Gasteiger partial charge in [-0.25, -0.2) is 15.0 Å². The lowest BCUT2D eigenvalue weighted by Gasteiger charge is -2.20. The zero-order valence-corrected chi connectivity index (χ0v) is 20.8. The summed E-state index contributed by atoms with van der Waals surface area (Å²) in [5.41, 5.74) is 3.36. The monoisotopic (exact) mass is 453 g/mol. The highest BCUT2D eigenvalue weighted by Gasteiger charge is 2.15. The van der Waals surface area contributed by atoms with E-state index in [1.807, 2.05) is 18.5 Å². The van der Waals surface area contributed by atoms with E-state index in [0.29, 0.717) is 24.2 Å². The lowest BCUT2D eigenvalue weighted by atomic mass is 10.1. The van der Waals surface area contributed by atoms with Gasteiger partial charge in [-0.2, -0.15) is 0 Å². The van der Waals surface area contributed by atoms with E-state index in [2.05, 4.69) is 69.3 Å². The summed E-state index contributed by atoms with van der Waals surface area (Å²) < 4.78 is 2.15. The van der Waals surface area contributed by atoms with E-state index in [0.717, 1.165) is 68.0 Å². The first-order valence-corrected chi connectivity index (χ1v) is 12.2. The van der Waals surface area contributed by atoms with Gasteiger partial charge in [0, 0.05) is 23.8 Å². The molecule has 1 aromatic carbocycles. The molecule has 8 nitrogen and oxygen atoms in total. The second-order valence-electron chi connectivity index (χ2n) is 8.49. The third-order valence-corrected chi connectivity index (χ3v) is 6.45. The molecule has 0 saturated heterocycles. The van der Waals surface area contributed by atoms with E-state index in [9.17, 15) is 5.11 Å². The second-order valence-corrected chi connectivity index (χ2v) is 8.49. The minimum absolute atomic E-state index is 0.308. The van der Waals surface area contributed by atoms with Crippen LogP contribution in [-0.2, 0) is 6.54 Å². The Kier molecular flexibility index (Phi) is 9.03. The van der Waals surface area contributed by atoms with E-state index in [4.69, 9.17) is 0 Å². The van der Waals surface area contributed by atoms with Crippen molar-refractivity contribution in [2.45, 2.75) is 60.0 Å². The number of rotatable bonds is 13. The summed E-state index contributed by atoms with van der Waals surface area (Å²) in [6.45, 7) is 16.8. The first kappa shape index (κ1) is 24.9. The lowest BCUT2D eigenvalue weighted by Crippen LogP contribution is -2.24. The molecular weight excluding hydrogens is 414 g/mol. The fraction of sp³-hybridized carbons (Fsp3) is 0.560. The number of nitrogens with one attached hydrogen (secondary N) is 1. The van der Waals surface area contributed by atoms with Crippen molar-refractivity contribution in [3.05, 3.63) is 36.4 Å². The predicted molar refractivity (Wildman–Crippen MR) is 135 cm³/mol. The minimum atomic E-state index is 0.308. The molecule has 8 heteroatoms. The molecule has 0 aliphatic heterocycles. The second kappa shape index (κ2) is 12.0. The van der Waals surface area contributed by atoms with Crippen LogP contribution in [0.3, 0.4) is 0 Å². The van der Waals surface area contributed by atoms with Gasteiger partial charge < -0.3 is 19.9 Å². The summed E-state index contributed by atoms with van der Waals surface area (Å²) in [6, 6.07) is 5.88. The highest BCUT2D eigenvalue weighted by molar-refractivity contribution is 5.85. The summed E-state index contributed by atoms with van der Waals surface area (Å²) in [6.07, 6.45) is 5.67. The highest BCUT2D eigenvalue weighted by atomic mass is 16.3. The third-order valence-electron chi connectivity index (χ3n) is 6.45. The molecule has 0 aliphatic carbocycles. The molecule has 2 heterocycles. The quantitative estimate of drug-likeness (QED) is 0.360. The maximum absolute atomic E-state index is 10.3. The van der Waals surface area contributed by atoms with Crippen LogP contribution < -0.4 is 5.32 Å². The molecule has 180 valence electrons. The number of hydrogen-bond donors (Lipinski definition) is 2. The van der Waals surface area contributed by atoms with Crippen LogP contribution in [0, 0.1) is 0 Å². The van der Waals surface area contributed by atoms with Crippen molar-refractivity contribution < 1.29 is 5.11 Å². The van der Waals surface area contributed by atoms with E-state index >= 15 is 0 Å². The maximum atomic E-state index is 10.3. The molecule has 1 unspecified atom stereocenters. The summed E-state index contributed by atoms with van der Waals surface area (Å²) in [4.78, 5) is 18.3. The Bertz CT molecular complexity index is 1010. The van der Waals surface area contributed by atoms with Crippen LogP contribution in [0.1, 0.15) is 59.1 Å². The molecule has 0 fully saturated rings. The number of fused-ring (bicyclic) bond motifs is 1. The average molecular weight is 454 g/mol. The average Bonchev–Trinajstić information content (AvgIpc) is 3.27. The first-order chi connectivity index (χ1) is 16.0. The van der Waals surface area contributed by atoms with Gasteiger partial charge in [0.1, 0.15) is 12.1 Å². The molecule has 0 saturated carbocycles. The number of aromatic hydroxyl groups is 1. The molecule has 3 aromatic rings. The van der Waals surface area contributed by atoms with E-state index in [-0.39, 0.29) is 0 Å². The number of aromatic nitrogens is 4. The lowest BCUT2D eigenvalue weighted by molar-refractivity contribution is 0.288. The van der Waals surface area contributed by atoms with Crippen LogP contribution in [0.25, 0.3) is 11.2 Å². The van der Waals surface area contributed by atoms with Crippen LogP contribution in [0.15, 0.2) is 30.9 Å². The van der Waals surface area contributed by atoms with Crippen LogP contribution in [-0.4, -0.2) is 67.1 Å². The van der Waals surface area contributed by atoms with Gasteiger partial charge in [0.15, 0.2) is 17.0 Å². The van der Waals surface area contributed by atoms with Gasteiger partial charge in [-0.3, -0.25) is 4.90 Å². The molecule has 0 amide bonds. The zero-order valence-electron chi connectivity index (χ0n) is 20.8. The molecule has 3 rings (SSSR count). The number of phenolic OH excluding ortho intramolecular Hbond substituents is 1. The first-order valence-electron chi connectivity index (χ1n) is 12.2. The topological polar surface area (TPSA) is 82.3 Å². The molecule has 0 bridgehead atoms. The van der Waals surface area contributed by atoms with Crippen molar-refractivity contribution in [1.82, 2.24) is 29.3 Å². The Hall–Kier alpha value is -2.71. The Morgan fingerprint density at radius 3 is 2.42 bits per heavy atom. The largest absolute Gasteiger partial charge is 0.508 e. The molecule has 1 atom stereocenters. The van der Waals surface area contributed by atoms with Gasteiger partial charge in [-0.15, -0.1) is 0 Å². The fourth-order valence-corrected chi connectivity index (χ4v) is 4.17. The van der Waals surface area contributed by atoms with E-state index in [1.54, 1.807) is 12.4 Å². The molecule has 0 spiro atoms. The van der Waals surface area contributed by atoms with Crippen molar-refractivity contribution >= 4 is 22.7 Å². The smallest absolute Gasteiger partial charge is 0.165 e. The van der Waals surface area contributed by atoms with Crippen LogP contribution in [0.4, 0.5) is 11.5 Å². The molecule has 33 heavy (non-hydrogen) atoms. The van der Waals surface area contributed by atoms with E-state index in [1.165, 1.54) is 0 Å². The Morgan fingerprint density at radius 1 is 1.00 bits per heavy atom. The standard InChI is InChI=1S/C25H39N7O/c1-6-30(7-2)14-10-11-19(5)32-18-28-23-24(26-17-27-25(23)32)29-21-12-13-22(33)20(15-21)16-31(8-3)9-4/h12-13,15,17-19,33H,6-11,14,16H2,1-5H3,(H,26,27,29).